The number of ether oxygens (including phenoxy) is 1. The first-order valence-corrected chi connectivity index (χ1v) is 11.9. The zero-order valence-corrected chi connectivity index (χ0v) is 19.1. The molecule has 5 nitrogen and oxygen atoms in total. The van der Waals surface area contributed by atoms with E-state index in [1.54, 1.807) is 25.6 Å². The summed E-state index contributed by atoms with van der Waals surface area (Å²) < 4.78 is 59.8. The van der Waals surface area contributed by atoms with E-state index >= 15 is 0 Å². The van der Waals surface area contributed by atoms with Gasteiger partial charge in [-0.2, -0.15) is 0 Å². The molecule has 1 atom stereocenters. The van der Waals surface area contributed by atoms with Gasteiger partial charge >= 0.3 is 0 Å². The van der Waals surface area contributed by atoms with Crippen LogP contribution in [0.4, 0.5) is 18.9 Å². The van der Waals surface area contributed by atoms with Crippen molar-refractivity contribution >= 4 is 33.5 Å². The molecule has 2 heterocycles. The molecule has 0 spiro atoms. The SMILES string of the molecule is COc1cc2nccc(NCc3cccc(C(F)F)c3F)c2cc1C1=CCN([S+](C)[O-])CC1. The predicted molar refractivity (Wildman–Crippen MR) is 125 cm³/mol. The van der Waals surface area contributed by atoms with Crippen LogP contribution in [0.5, 0.6) is 5.75 Å². The van der Waals surface area contributed by atoms with Gasteiger partial charge in [0.1, 0.15) is 17.8 Å². The predicted octanol–water partition coefficient (Wildman–Crippen LogP) is 5.31. The fraction of sp³-hybridized carbons (Fsp3) is 0.292. The number of anilines is 1. The number of pyridine rings is 1. The smallest absolute Gasteiger partial charge is 0.266 e. The van der Waals surface area contributed by atoms with E-state index in [4.69, 9.17) is 4.74 Å². The average molecular weight is 476 g/mol. The number of nitrogens with zero attached hydrogens (tertiary/aromatic N) is 2. The largest absolute Gasteiger partial charge is 0.598 e. The number of alkyl halides is 2. The van der Waals surface area contributed by atoms with Crippen LogP contribution in [0.15, 0.2) is 48.7 Å². The first-order chi connectivity index (χ1) is 15.9. The van der Waals surface area contributed by atoms with E-state index < -0.39 is 29.2 Å². The summed E-state index contributed by atoms with van der Waals surface area (Å²) in [4.78, 5) is 4.42. The highest BCUT2D eigenvalue weighted by Gasteiger charge is 2.22. The Morgan fingerprint density at radius 1 is 1.27 bits per heavy atom. The van der Waals surface area contributed by atoms with Crippen LogP contribution in [-0.2, 0) is 17.9 Å². The molecule has 4 rings (SSSR count). The summed E-state index contributed by atoms with van der Waals surface area (Å²) in [5.74, 6) is -0.217. The molecule has 1 aromatic heterocycles. The van der Waals surface area contributed by atoms with Crippen LogP contribution in [0.3, 0.4) is 0 Å². The molecule has 3 aromatic rings. The molecule has 0 radical (unpaired) electrons. The molecule has 1 unspecified atom stereocenters. The molecule has 1 aliphatic heterocycles. The summed E-state index contributed by atoms with van der Waals surface area (Å²) in [5, 5.41) is 3.97. The van der Waals surface area contributed by atoms with Crippen LogP contribution in [-0.4, -0.2) is 40.3 Å². The number of aromatic nitrogens is 1. The Kier molecular flexibility index (Phi) is 7.11. The Morgan fingerprint density at radius 2 is 2.09 bits per heavy atom. The lowest BCUT2D eigenvalue weighted by molar-refractivity contribution is 0.146. The van der Waals surface area contributed by atoms with Gasteiger partial charge in [-0.15, -0.1) is 4.31 Å². The summed E-state index contributed by atoms with van der Waals surface area (Å²) >= 11 is -1.02. The maximum absolute atomic E-state index is 14.5. The molecule has 9 heteroatoms. The monoisotopic (exact) mass is 475 g/mol. The third-order valence-corrected chi connectivity index (χ3v) is 6.82. The molecule has 1 aliphatic rings. The van der Waals surface area contributed by atoms with Crippen molar-refractivity contribution in [3.63, 3.8) is 0 Å². The average Bonchev–Trinajstić information content (AvgIpc) is 2.82. The van der Waals surface area contributed by atoms with E-state index in [2.05, 4.69) is 10.3 Å². The summed E-state index contributed by atoms with van der Waals surface area (Å²) in [6.45, 7) is 1.30. The van der Waals surface area contributed by atoms with Crippen molar-refractivity contribution in [2.45, 2.75) is 19.4 Å². The summed E-state index contributed by atoms with van der Waals surface area (Å²) in [6, 6.07) is 9.60. The van der Waals surface area contributed by atoms with Gasteiger partial charge in [0.15, 0.2) is 0 Å². The first-order valence-electron chi connectivity index (χ1n) is 10.4. The number of nitrogens with one attached hydrogen (secondary N) is 1. The van der Waals surface area contributed by atoms with Gasteiger partial charge in [0.05, 0.1) is 24.7 Å². The van der Waals surface area contributed by atoms with Crippen molar-refractivity contribution in [1.29, 1.82) is 0 Å². The summed E-state index contributed by atoms with van der Waals surface area (Å²) in [6.07, 6.45) is 3.19. The van der Waals surface area contributed by atoms with Crippen molar-refractivity contribution in [2.75, 3.05) is 31.8 Å². The van der Waals surface area contributed by atoms with Crippen molar-refractivity contribution in [2.24, 2.45) is 0 Å². The number of rotatable bonds is 7. The fourth-order valence-corrected chi connectivity index (χ4v) is 4.60. The van der Waals surface area contributed by atoms with E-state index in [9.17, 15) is 17.7 Å². The second kappa shape index (κ2) is 10.0. The number of hydrogen-bond acceptors (Lipinski definition) is 5. The molecule has 0 saturated carbocycles. The molecule has 1 N–H and O–H groups in total. The van der Waals surface area contributed by atoms with Gasteiger partial charge in [-0.25, -0.2) is 13.2 Å². The fourth-order valence-electron chi connectivity index (χ4n) is 3.97. The van der Waals surface area contributed by atoms with Crippen LogP contribution in [0.2, 0.25) is 0 Å². The molecule has 33 heavy (non-hydrogen) atoms. The summed E-state index contributed by atoms with van der Waals surface area (Å²) in [7, 11) is 1.60. The Morgan fingerprint density at radius 3 is 2.76 bits per heavy atom. The van der Waals surface area contributed by atoms with Crippen LogP contribution >= 0.6 is 0 Å². The molecule has 2 aromatic carbocycles. The van der Waals surface area contributed by atoms with E-state index in [1.165, 1.54) is 12.1 Å². The lowest BCUT2D eigenvalue weighted by Gasteiger charge is -2.26. The maximum Gasteiger partial charge on any atom is 0.266 e. The molecule has 174 valence electrons. The molecule has 0 aliphatic carbocycles. The number of benzene rings is 2. The lowest BCUT2D eigenvalue weighted by Crippen LogP contribution is -2.33. The molecule has 0 fully saturated rings. The molecular formula is C24H24F3N3O2S. The standard InChI is InChI=1S/C24H24F3N3O2S/c1-32-22-13-21-19(12-18(22)15-7-10-30(11-8-15)33(2)31)20(6-9-28-21)29-14-16-4-3-5-17(23(16)25)24(26)27/h3-7,9,12-13,24H,8,10-11,14H2,1-2H3,(H,28,29). The minimum absolute atomic E-state index is 0.0485. The number of fused-ring (bicyclic) bond motifs is 1. The Labute approximate surface area is 193 Å². The minimum Gasteiger partial charge on any atom is -0.598 e. The van der Waals surface area contributed by atoms with Crippen LogP contribution in [0.25, 0.3) is 16.5 Å². The lowest BCUT2D eigenvalue weighted by atomic mass is 9.97. The van der Waals surface area contributed by atoms with Gasteiger partial charge in [-0.1, -0.05) is 24.3 Å². The Balaban J connectivity index is 1.67. The van der Waals surface area contributed by atoms with Crippen molar-refractivity contribution in [1.82, 2.24) is 9.29 Å². The first kappa shape index (κ1) is 23.4. The van der Waals surface area contributed by atoms with Gasteiger partial charge in [0, 0.05) is 58.9 Å². The van der Waals surface area contributed by atoms with Crippen LogP contribution in [0, 0.1) is 5.82 Å². The van der Waals surface area contributed by atoms with Gasteiger partial charge in [-0.3, -0.25) is 4.98 Å². The zero-order valence-electron chi connectivity index (χ0n) is 18.3. The highest BCUT2D eigenvalue weighted by molar-refractivity contribution is 7.88. The number of halogens is 3. The third-order valence-electron chi connectivity index (χ3n) is 5.76. The van der Waals surface area contributed by atoms with E-state index in [0.717, 1.165) is 29.0 Å². The Bertz CT molecular complexity index is 1190. The van der Waals surface area contributed by atoms with E-state index in [0.29, 0.717) is 30.0 Å². The van der Waals surface area contributed by atoms with E-state index in [1.807, 2.05) is 22.5 Å². The number of hydrogen-bond donors (Lipinski definition) is 1. The number of methoxy groups -OCH3 is 1. The normalized spacial score (nSPS) is 15.5. The van der Waals surface area contributed by atoms with Crippen LogP contribution in [0.1, 0.15) is 29.5 Å². The van der Waals surface area contributed by atoms with Crippen molar-refractivity contribution in [3.05, 3.63) is 71.2 Å². The molecular weight excluding hydrogens is 451 g/mol. The van der Waals surface area contributed by atoms with Crippen molar-refractivity contribution in [3.8, 4) is 5.75 Å². The van der Waals surface area contributed by atoms with Gasteiger partial charge in [0.25, 0.3) is 6.43 Å². The summed E-state index contributed by atoms with van der Waals surface area (Å²) in [5.41, 5.74) is 2.95. The van der Waals surface area contributed by atoms with Gasteiger partial charge < -0.3 is 14.6 Å². The molecule has 0 amide bonds. The second-order valence-corrected chi connectivity index (χ2v) is 9.06. The highest BCUT2D eigenvalue weighted by Crippen LogP contribution is 2.36. The quantitative estimate of drug-likeness (QED) is 0.469. The Hall–Kier alpha value is -2.75. The maximum atomic E-state index is 14.5. The highest BCUT2D eigenvalue weighted by atomic mass is 32.2. The van der Waals surface area contributed by atoms with Crippen molar-refractivity contribution < 1.29 is 22.5 Å². The third kappa shape index (κ3) is 4.95. The minimum atomic E-state index is -2.87. The topological polar surface area (TPSA) is 60.5 Å². The molecule has 0 saturated heterocycles. The molecule has 0 bridgehead atoms. The zero-order chi connectivity index (χ0) is 23.5. The van der Waals surface area contributed by atoms with Gasteiger partial charge in [0.2, 0.25) is 0 Å². The van der Waals surface area contributed by atoms with Gasteiger partial charge in [-0.05, 0) is 24.1 Å². The van der Waals surface area contributed by atoms with E-state index in [-0.39, 0.29) is 12.1 Å². The second-order valence-electron chi connectivity index (χ2n) is 7.69. The van der Waals surface area contributed by atoms with Crippen LogP contribution < -0.4 is 10.1 Å².